The summed E-state index contributed by atoms with van der Waals surface area (Å²) in [5.74, 6) is 1.85. The molecule has 0 saturated carbocycles. The van der Waals surface area contributed by atoms with Gasteiger partial charge in [-0.3, -0.25) is 4.57 Å². The molecule has 0 bridgehead atoms. The van der Waals surface area contributed by atoms with E-state index in [9.17, 15) is 0 Å². The van der Waals surface area contributed by atoms with E-state index in [4.69, 9.17) is 15.0 Å². The maximum absolute atomic E-state index is 5.12. The lowest BCUT2D eigenvalue weighted by atomic mass is 10.0. The molecule has 3 heterocycles. The standard InChI is InChI=1S/C45H29N5/c1-2-13-31(14-3-1)43-46-44(48-45(47-43)50-41-23-10-6-19-37(41)38-20-7-11-24-42(38)50)32-27-25-30(26-28-32)33-15-12-16-34(29-33)49-39-21-8-4-17-35(39)36-18-5-9-22-40(36)49/h1-29H. The molecule has 0 N–H and O–H groups in total. The van der Waals surface area contributed by atoms with Crippen molar-refractivity contribution >= 4 is 43.6 Å². The quantitative estimate of drug-likeness (QED) is 0.188. The smallest absolute Gasteiger partial charge is 0.238 e. The Bertz CT molecular complexity index is 2760. The molecule has 10 rings (SSSR count). The van der Waals surface area contributed by atoms with Gasteiger partial charge in [-0.05, 0) is 47.5 Å². The van der Waals surface area contributed by atoms with Crippen molar-refractivity contribution in [2.24, 2.45) is 0 Å². The van der Waals surface area contributed by atoms with Crippen molar-refractivity contribution in [2.75, 3.05) is 0 Å². The van der Waals surface area contributed by atoms with Gasteiger partial charge in [0, 0.05) is 38.4 Å². The minimum Gasteiger partial charge on any atom is -0.309 e. The Labute approximate surface area is 288 Å². The molecule has 3 aromatic heterocycles. The number of rotatable bonds is 5. The maximum Gasteiger partial charge on any atom is 0.238 e. The highest BCUT2D eigenvalue weighted by atomic mass is 15.2. The summed E-state index contributed by atoms with van der Waals surface area (Å²) >= 11 is 0. The van der Waals surface area contributed by atoms with E-state index < -0.39 is 0 Å². The summed E-state index contributed by atoms with van der Waals surface area (Å²) < 4.78 is 4.51. The van der Waals surface area contributed by atoms with Crippen LogP contribution >= 0.6 is 0 Å². The average Bonchev–Trinajstić information content (AvgIpc) is 3.71. The molecule has 10 aromatic rings. The predicted octanol–water partition coefficient (Wildman–Crippen LogP) is 11.1. The van der Waals surface area contributed by atoms with E-state index in [0.29, 0.717) is 17.6 Å². The summed E-state index contributed by atoms with van der Waals surface area (Å²) in [5, 5.41) is 4.84. The van der Waals surface area contributed by atoms with Crippen LogP contribution < -0.4 is 0 Å². The molecule has 0 saturated heterocycles. The summed E-state index contributed by atoms with van der Waals surface area (Å²) in [4.78, 5) is 15.2. The normalized spacial score (nSPS) is 11.6. The number of nitrogens with zero attached hydrogens (tertiary/aromatic N) is 5. The van der Waals surface area contributed by atoms with E-state index >= 15 is 0 Å². The van der Waals surface area contributed by atoms with Crippen LogP contribution in [0.15, 0.2) is 176 Å². The Morgan fingerprint density at radius 3 is 1.26 bits per heavy atom. The lowest BCUT2D eigenvalue weighted by Crippen LogP contribution is -2.06. The van der Waals surface area contributed by atoms with Crippen molar-refractivity contribution in [2.45, 2.75) is 0 Å². The third-order valence-electron chi connectivity index (χ3n) is 9.60. The molecule has 0 aliphatic carbocycles. The first-order valence-electron chi connectivity index (χ1n) is 16.8. The maximum atomic E-state index is 5.12. The number of aromatic nitrogens is 5. The number of benzene rings is 7. The van der Waals surface area contributed by atoms with Gasteiger partial charge in [0.25, 0.3) is 0 Å². The Morgan fingerprint density at radius 2 is 0.720 bits per heavy atom. The largest absolute Gasteiger partial charge is 0.309 e. The van der Waals surface area contributed by atoms with Crippen LogP contribution in [-0.2, 0) is 0 Å². The van der Waals surface area contributed by atoms with Gasteiger partial charge in [0.2, 0.25) is 5.95 Å². The first kappa shape index (κ1) is 28.2. The third-order valence-corrected chi connectivity index (χ3v) is 9.60. The van der Waals surface area contributed by atoms with E-state index in [2.05, 4.69) is 155 Å². The van der Waals surface area contributed by atoms with E-state index in [0.717, 1.165) is 39.0 Å². The molecule has 0 aliphatic rings. The predicted molar refractivity (Wildman–Crippen MR) is 205 cm³/mol. The van der Waals surface area contributed by atoms with Crippen molar-refractivity contribution in [3.05, 3.63) is 176 Å². The van der Waals surface area contributed by atoms with Gasteiger partial charge in [-0.25, -0.2) is 4.98 Å². The molecule has 0 spiro atoms. The van der Waals surface area contributed by atoms with Crippen LogP contribution in [0.3, 0.4) is 0 Å². The summed E-state index contributed by atoms with van der Waals surface area (Å²) in [6, 6.07) is 61.5. The van der Waals surface area contributed by atoms with Gasteiger partial charge in [0.05, 0.1) is 22.1 Å². The zero-order valence-corrected chi connectivity index (χ0v) is 27.0. The molecule has 0 amide bonds. The van der Waals surface area contributed by atoms with Gasteiger partial charge in [-0.1, -0.05) is 140 Å². The van der Waals surface area contributed by atoms with E-state index in [1.165, 1.54) is 32.6 Å². The molecular formula is C45H29N5. The van der Waals surface area contributed by atoms with Gasteiger partial charge < -0.3 is 4.57 Å². The van der Waals surface area contributed by atoms with Crippen LogP contribution in [0.5, 0.6) is 0 Å². The first-order valence-corrected chi connectivity index (χ1v) is 16.8. The van der Waals surface area contributed by atoms with Gasteiger partial charge in [-0.15, -0.1) is 0 Å². The monoisotopic (exact) mass is 639 g/mol. The van der Waals surface area contributed by atoms with E-state index in [1.54, 1.807) is 0 Å². The second-order valence-electron chi connectivity index (χ2n) is 12.5. The van der Waals surface area contributed by atoms with Crippen molar-refractivity contribution in [3.63, 3.8) is 0 Å². The highest BCUT2D eigenvalue weighted by Crippen LogP contribution is 2.35. The highest BCUT2D eigenvalue weighted by Gasteiger charge is 2.18. The summed E-state index contributed by atoms with van der Waals surface area (Å²) in [6.07, 6.45) is 0. The highest BCUT2D eigenvalue weighted by molar-refractivity contribution is 6.10. The fourth-order valence-electron chi connectivity index (χ4n) is 7.29. The van der Waals surface area contributed by atoms with Gasteiger partial charge >= 0.3 is 0 Å². The molecule has 5 heteroatoms. The van der Waals surface area contributed by atoms with Crippen LogP contribution in [0.1, 0.15) is 0 Å². The Balaban J connectivity index is 1.09. The van der Waals surface area contributed by atoms with Gasteiger partial charge in [0.15, 0.2) is 11.6 Å². The topological polar surface area (TPSA) is 48.5 Å². The number of hydrogen-bond donors (Lipinski definition) is 0. The minimum atomic E-state index is 0.592. The number of fused-ring (bicyclic) bond motifs is 6. The van der Waals surface area contributed by atoms with Crippen LogP contribution in [0, 0.1) is 0 Å². The summed E-state index contributed by atoms with van der Waals surface area (Å²) in [6.45, 7) is 0. The molecule has 7 aromatic carbocycles. The van der Waals surface area contributed by atoms with Gasteiger partial charge in [-0.2, -0.15) is 9.97 Å². The van der Waals surface area contributed by atoms with Crippen LogP contribution in [0.2, 0.25) is 0 Å². The molecule has 0 fully saturated rings. The van der Waals surface area contributed by atoms with Crippen LogP contribution in [0.25, 0.3) is 89.2 Å². The minimum absolute atomic E-state index is 0.592. The Morgan fingerprint density at radius 1 is 0.300 bits per heavy atom. The van der Waals surface area contributed by atoms with Crippen LogP contribution in [0.4, 0.5) is 0 Å². The number of hydrogen-bond acceptors (Lipinski definition) is 3. The lowest BCUT2D eigenvalue weighted by Gasteiger charge is -2.12. The Hall–Kier alpha value is -6.85. The molecule has 5 nitrogen and oxygen atoms in total. The van der Waals surface area contributed by atoms with E-state index in [1.807, 2.05) is 30.3 Å². The zero-order valence-electron chi connectivity index (χ0n) is 27.0. The lowest BCUT2D eigenvalue weighted by molar-refractivity contribution is 0.953. The molecule has 234 valence electrons. The summed E-state index contributed by atoms with van der Waals surface area (Å²) in [7, 11) is 0. The first-order chi connectivity index (χ1) is 24.8. The average molecular weight is 640 g/mol. The SMILES string of the molecule is c1ccc(-c2nc(-c3ccc(-c4cccc(-n5c6ccccc6c6ccccc65)c4)cc3)nc(-n3c4ccccc4c4ccccc43)n2)cc1. The second-order valence-corrected chi connectivity index (χ2v) is 12.5. The van der Waals surface area contributed by atoms with E-state index in [-0.39, 0.29) is 0 Å². The van der Waals surface area contributed by atoms with Crippen molar-refractivity contribution in [3.8, 4) is 45.5 Å². The molecule has 0 aliphatic heterocycles. The third kappa shape index (κ3) is 4.52. The fraction of sp³-hybridized carbons (Fsp3) is 0. The molecule has 0 radical (unpaired) electrons. The molecule has 0 atom stereocenters. The van der Waals surface area contributed by atoms with Gasteiger partial charge in [0.1, 0.15) is 0 Å². The second kappa shape index (κ2) is 11.4. The Kier molecular flexibility index (Phi) is 6.42. The number of para-hydroxylation sites is 4. The van der Waals surface area contributed by atoms with Crippen molar-refractivity contribution < 1.29 is 0 Å². The van der Waals surface area contributed by atoms with Crippen molar-refractivity contribution in [1.82, 2.24) is 24.1 Å². The van der Waals surface area contributed by atoms with Crippen molar-refractivity contribution in [1.29, 1.82) is 0 Å². The molecule has 50 heavy (non-hydrogen) atoms. The fourth-order valence-corrected chi connectivity index (χ4v) is 7.29. The van der Waals surface area contributed by atoms with Crippen LogP contribution in [-0.4, -0.2) is 24.1 Å². The summed E-state index contributed by atoms with van der Waals surface area (Å²) in [5.41, 5.74) is 9.77. The molecular weight excluding hydrogens is 611 g/mol. The molecule has 0 unspecified atom stereocenters. The zero-order chi connectivity index (χ0) is 33.0.